The molecule has 0 unspecified atom stereocenters. The molecule has 2 atom stereocenters. The van der Waals surface area contributed by atoms with Gasteiger partial charge in [-0.1, -0.05) is 0 Å². The minimum Gasteiger partial charge on any atom is -0.300 e. The number of halogens is 3. The van der Waals surface area contributed by atoms with Gasteiger partial charge < -0.3 is 0 Å². The minimum atomic E-state index is -4.44. The van der Waals surface area contributed by atoms with Gasteiger partial charge in [-0.25, -0.2) is 0 Å². The number of likely N-dealkylation sites (tertiary alicyclic amines) is 1. The Hall–Kier alpha value is -1.62. The van der Waals surface area contributed by atoms with Gasteiger partial charge in [0.25, 0.3) is 0 Å². The molecule has 182 valence electrons. The number of hydrogen-bond donors (Lipinski definition) is 2. The average molecular weight is 485 g/mol. The van der Waals surface area contributed by atoms with Gasteiger partial charge in [0, 0.05) is 65.1 Å². The van der Waals surface area contributed by atoms with Crippen molar-refractivity contribution in [3.8, 4) is 11.3 Å². The van der Waals surface area contributed by atoms with Crippen LogP contribution in [0.1, 0.15) is 62.7 Å². The Balaban J connectivity index is 1.33. The zero-order chi connectivity index (χ0) is 23.6. The molecule has 0 radical (unpaired) electrons. The lowest BCUT2D eigenvalue weighted by atomic mass is 9.91. The molecule has 0 aromatic carbocycles. The molecule has 2 saturated heterocycles. The van der Waals surface area contributed by atoms with E-state index in [0.717, 1.165) is 56.7 Å². The van der Waals surface area contributed by atoms with E-state index in [1.807, 2.05) is 24.6 Å². The Kier molecular flexibility index (Phi) is 5.58. The van der Waals surface area contributed by atoms with Crippen molar-refractivity contribution in [2.45, 2.75) is 63.7 Å². The van der Waals surface area contributed by atoms with E-state index < -0.39 is 22.3 Å². The quantitative estimate of drug-likeness (QED) is 0.588. The van der Waals surface area contributed by atoms with Crippen molar-refractivity contribution in [2.24, 2.45) is 5.41 Å². The Morgan fingerprint density at radius 2 is 1.91 bits per heavy atom. The summed E-state index contributed by atoms with van der Waals surface area (Å²) < 4.78 is 61.2. The highest BCUT2D eigenvalue weighted by molar-refractivity contribution is 8.25. The molecule has 2 aromatic rings. The fraction of sp³-hybridized carbons (Fsp3) is 0.652. The first-order chi connectivity index (χ1) is 15.4. The molecule has 1 spiro atoms. The molecule has 5 rings (SSSR count). The van der Waals surface area contributed by atoms with Crippen molar-refractivity contribution >= 4 is 10.6 Å². The maximum Gasteiger partial charge on any atom is 0.417 e. The molecule has 3 fully saturated rings. The van der Waals surface area contributed by atoms with Gasteiger partial charge in [0.1, 0.15) is 0 Å². The van der Waals surface area contributed by atoms with E-state index in [1.54, 1.807) is 0 Å². The van der Waals surface area contributed by atoms with Crippen LogP contribution in [-0.2, 0) is 6.18 Å². The molecule has 0 amide bonds. The molecular weight excluding hydrogens is 453 g/mol. The van der Waals surface area contributed by atoms with Crippen LogP contribution in [0.15, 0.2) is 24.5 Å². The van der Waals surface area contributed by atoms with Crippen LogP contribution in [0.3, 0.4) is 0 Å². The van der Waals surface area contributed by atoms with Gasteiger partial charge in [0.2, 0.25) is 0 Å². The van der Waals surface area contributed by atoms with Crippen molar-refractivity contribution in [1.29, 1.82) is 0 Å². The molecule has 10 heteroatoms. The average Bonchev–Trinajstić information content (AvgIpc) is 3.44. The molecule has 2 aliphatic heterocycles. The van der Waals surface area contributed by atoms with Crippen LogP contribution in [0.5, 0.6) is 0 Å². The second-order valence-corrected chi connectivity index (χ2v) is 12.6. The third-order valence-electron chi connectivity index (χ3n) is 7.50. The van der Waals surface area contributed by atoms with E-state index in [4.69, 9.17) is 0 Å². The first kappa shape index (κ1) is 23.1. The predicted molar refractivity (Wildman–Crippen MR) is 122 cm³/mol. The van der Waals surface area contributed by atoms with Gasteiger partial charge >= 0.3 is 6.18 Å². The van der Waals surface area contributed by atoms with Gasteiger partial charge in [-0.3, -0.25) is 23.7 Å². The van der Waals surface area contributed by atoms with Crippen LogP contribution >= 0.6 is 10.6 Å². The second kappa shape index (κ2) is 7.96. The normalized spacial score (nSPS) is 27.9. The smallest absolute Gasteiger partial charge is 0.300 e. The molecule has 1 saturated carbocycles. The lowest BCUT2D eigenvalue weighted by Gasteiger charge is -2.54. The van der Waals surface area contributed by atoms with Crippen LogP contribution in [0.4, 0.5) is 13.2 Å². The molecule has 0 bridgehead atoms. The number of pyridine rings is 1. The van der Waals surface area contributed by atoms with E-state index in [-0.39, 0.29) is 11.5 Å². The highest BCUT2D eigenvalue weighted by atomic mass is 32.3. The SMILES string of the molecule is CC(C)n1nc(-c2cncc(C(F)(F)F)c2)cc1[C@@H]1CC[C@H](N2CCC3(C2)CS(O)(O)C3)C1. The third kappa shape index (κ3) is 4.42. The fourth-order valence-corrected chi connectivity index (χ4v) is 8.37. The molecule has 33 heavy (non-hydrogen) atoms. The number of hydrogen-bond acceptors (Lipinski definition) is 5. The van der Waals surface area contributed by atoms with Crippen LogP contribution < -0.4 is 0 Å². The standard InChI is InChI=1S/C23H31F3N4O2S/c1-15(2)30-21(9-20(28-30)17-7-18(11-27-10-17)23(24,25)26)16-3-4-19(8-16)29-6-5-22(12-29)13-33(31,32)14-22/h7,9-11,15-16,19,31-32H,3-6,8,12-14H2,1-2H3/t16-,19+/m1/s1. The summed E-state index contributed by atoms with van der Waals surface area (Å²) in [6.45, 7) is 6.01. The summed E-state index contributed by atoms with van der Waals surface area (Å²) in [7, 11) is -2.34. The zero-order valence-corrected chi connectivity index (χ0v) is 19.7. The largest absolute Gasteiger partial charge is 0.417 e. The molecule has 1 aliphatic carbocycles. The number of aromatic nitrogens is 3. The van der Waals surface area contributed by atoms with Crippen molar-refractivity contribution in [2.75, 3.05) is 24.6 Å². The molecule has 6 nitrogen and oxygen atoms in total. The monoisotopic (exact) mass is 484 g/mol. The summed E-state index contributed by atoms with van der Waals surface area (Å²) in [6.07, 6.45) is 1.95. The van der Waals surface area contributed by atoms with Crippen LogP contribution in [0.2, 0.25) is 0 Å². The fourth-order valence-electron chi connectivity index (χ4n) is 6.02. The molecular formula is C23H31F3N4O2S. The summed E-state index contributed by atoms with van der Waals surface area (Å²) in [5.41, 5.74) is 1.30. The van der Waals surface area contributed by atoms with Gasteiger partial charge in [-0.15, -0.1) is 0 Å². The highest BCUT2D eigenvalue weighted by Crippen LogP contribution is 2.62. The van der Waals surface area contributed by atoms with Crippen molar-refractivity contribution in [3.63, 3.8) is 0 Å². The van der Waals surface area contributed by atoms with Crippen molar-refractivity contribution in [1.82, 2.24) is 19.7 Å². The van der Waals surface area contributed by atoms with Crippen LogP contribution in [0, 0.1) is 5.41 Å². The minimum absolute atomic E-state index is 0.0836. The maximum atomic E-state index is 13.2. The Morgan fingerprint density at radius 1 is 1.15 bits per heavy atom. The van der Waals surface area contributed by atoms with Crippen molar-refractivity contribution in [3.05, 3.63) is 35.8 Å². The first-order valence-electron chi connectivity index (χ1n) is 11.5. The Morgan fingerprint density at radius 3 is 2.58 bits per heavy atom. The summed E-state index contributed by atoms with van der Waals surface area (Å²) in [4.78, 5) is 6.32. The van der Waals surface area contributed by atoms with Gasteiger partial charge in [-0.2, -0.15) is 28.9 Å². The van der Waals surface area contributed by atoms with Gasteiger partial charge in [-0.05, 0) is 58.2 Å². The Bertz CT molecular complexity index is 1030. The first-order valence-corrected chi connectivity index (χ1v) is 13.4. The lowest BCUT2D eigenvalue weighted by Crippen LogP contribution is -2.48. The summed E-state index contributed by atoms with van der Waals surface area (Å²) >= 11 is 0. The van der Waals surface area contributed by atoms with Crippen LogP contribution in [-0.4, -0.2) is 59.4 Å². The number of alkyl halides is 3. The number of nitrogens with zero attached hydrogens (tertiary/aromatic N) is 4. The summed E-state index contributed by atoms with van der Waals surface area (Å²) in [6, 6.07) is 3.61. The maximum absolute atomic E-state index is 13.2. The summed E-state index contributed by atoms with van der Waals surface area (Å²) in [5, 5.41) is 4.67. The topological polar surface area (TPSA) is 74.4 Å². The number of rotatable bonds is 4. The van der Waals surface area contributed by atoms with E-state index in [1.165, 1.54) is 6.20 Å². The van der Waals surface area contributed by atoms with Crippen molar-refractivity contribution < 1.29 is 22.3 Å². The molecule has 3 aliphatic rings. The van der Waals surface area contributed by atoms with Crippen LogP contribution in [0.25, 0.3) is 11.3 Å². The van der Waals surface area contributed by atoms with E-state index in [9.17, 15) is 22.3 Å². The highest BCUT2D eigenvalue weighted by Gasteiger charge is 2.53. The van der Waals surface area contributed by atoms with E-state index in [2.05, 4.69) is 15.0 Å². The Labute approximate surface area is 193 Å². The summed E-state index contributed by atoms with van der Waals surface area (Å²) in [5.74, 6) is 1.39. The lowest BCUT2D eigenvalue weighted by molar-refractivity contribution is -0.137. The third-order valence-corrected chi connectivity index (χ3v) is 9.65. The zero-order valence-electron chi connectivity index (χ0n) is 18.9. The molecule has 2 aromatic heterocycles. The molecule has 4 heterocycles. The van der Waals surface area contributed by atoms with Gasteiger partial charge in [0.05, 0.1) is 11.3 Å². The van der Waals surface area contributed by atoms with E-state index in [0.29, 0.717) is 34.7 Å². The second-order valence-electron chi connectivity index (χ2n) is 10.4. The van der Waals surface area contributed by atoms with E-state index >= 15 is 0 Å². The molecule has 2 N–H and O–H groups in total. The predicted octanol–water partition coefficient (Wildman–Crippen LogP) is 5.64. The van der Waals surface area contributed by atoms with Gasteiger partial charge in [0.15, 0.2) is 0 Å².